The Morgan fingerprint density at radius 2 is 1.92 bits per heavy atom. The number of hydrogen-bond acceptors (Lipinski definition) is 2. The fourth-order valence-corrected chi connectivity index (χ4v) is 0.632. The summed E-state index contributed by atoms with van der Waals surface area (Å²) in [6.07, 6.45) is 5.44. The molecule has 0 bridgehead atoms. The van der Waals surface area contributed by atoms with Crippen molar-refractivity contribution in [2.45, 2.75) is 13.8 Å². The molecular weight excluding hydrogens is 148 g/mol. The van der Waals surface area contributed by atoms with Gasteiger partial charge in [-0.25, -0.2) is 0 Å². The van der Waals surface area contributed by atoms with E-state index in [9.17, 15) is 0 Å². The first-order chi connectivity index (χ1) is 5.57. The quantitative estimate of drug-likeness (QED) is 0.503. The van der Waals surface area contributed by atoms with E-state index in [0.717, 1.165) is 16.8 Å². The standard InChI is InChI=1S/C10H16N2/c1-8(2)5-6-10(11)9(3)7-12-4/h5-7H,1,11H2,2-4H3/b6-5-,10-9-,12-7?. The van der Waals surface area contributed by atoms with Gasteiger partial charge in [0.15, 0.2) is 0 Å². The molecule has 0 atom stereocenters. The van der Waals surface area contributed by atoms with Crippen LogP contribution in [-0.4, -0.2) is 13.3 Å². The minimum Gasteiger partial charge on any atom is -0.398 e. The van der Waals surface area contributed by atoms with E-state index in [4.69, 9.17) is 5.73 Å². The Hall–Kier alpha value is -1.31. The topological polar surface area (TPSA) is 38.4 Å². The van der Waals surface area contributed by atoms with E-state index in [0.29, 0.717) is 0 Å². The molecule has 0 fully saturated rings. The van der Waals surface area contributed by atoms with E-state index < -0.39 is 0 Å². The molecule has 0 rings (SSSR count). The molecule has 0 saturated heterocycles. The van der Waals surface area contributed by atoms with Gasteiger partial charge in [-0.1, -0.05) is 18.2 Å². The summed E-state index contributed by atoms with van der Waals surface area (Å²) >= 11 is 0. The average molecular weight is 164 g/mol. The Kier molecular flexibility index (Phi) is 4.77. The Morgan fingerprint density at radius 1 is 1.33 bits per heavy atom. The summed E-state index contributed by atoms with van der Waals surface area (Å²) in [6.45, 7) is 7.58. The van der Waals surface area contributed by atoms with Crippen molar-refractivity contribution in [2.24, 2.45) is 10.7 Å². The van der Waals surface area contributed by atoms with E-state index >= 15 is 0 Å². The van der Waals surface area contributed by atoms with Crippen molar-refractivity contribution in [2.75, 3.05) is 7.05 Å². The highest BCUT2D eigenvalue weighted by Crippen LogP contribution is 1.98. The Morgan fingerprint density at radius 3 is 2.33 bits per heavy atom. The predicted octanol–water partition coefficient (Wildman–Crippen LogP) is 2.05. The first-order valence-electron chi connectivity index (χ1n) is 3.80. The van der Waals surface area contributed by atoms with E-state index in [1.54, 1.807) is 13.3 Å². The number of nitrogens with zero attached hydrogens (tertiary/aromatic N) is 1. The number of rotatable bonds is 3. The molecule has 0 aliphatic carbocycles. The fourth-order valence-electron chi connectivity index (χ4n) is 0.632. The zero-order chi connectivity index (χ0) is 9.56. The lowest BCUT2D eigenvalue weighted by atomic mass is 10.2. The van der Waals surface area contributed by atoms with Gasteiger partial charge in [-0.2, -0.15) is 0 Å². The molecule has 0 aromatic rings. The molecule has 12 heavy (non-hydrogen) atoms. The number of allylic oxidation sites excluding steroid dienone is 4. The number of aliphatic imine (C=N–C) groups is 1. The molecule has 0 amide bonds. The molecule has 2 heteroatoms. The second kappa shape index (κ2) is 5.35. The van der Waals surface area contributed by atoms with Crippen LogP contribution in [0, 0.1) is 0 Å². The molecule has 0 aromatic carbocycles. The summed E-state index contributed by atoms with van der Waals surface area (Å²) in [5.41, 5.74) is 8.39. The van der Waals surface area contributed by atoms with Gasteiger partial charge in [0.25, 0.3) is 0 Å². The van der Waals surface area contributed by atoms with Crippen LogP contribution in [0.25, 0.3) is 0 Å². The lowest BCUT2D eigenvalue weighted by Gasteiger charge is -1.95. The van der Waals surface area contributed by atoms with Crippen LogP contribution >= 0.6 is 0 Å². The van der Waals surface area contributed by atoms with Crippen molar-refractivity contribution < 1.29 is 0 Å². The van der Waals surface area contributed by atoms with Gasteiger partial charge < -0.3 is 5.73 Å². The van der Waals surface area contributed by atoms with Gasteiger partial charge in [0.2, 0.25) is 0 Å². The van der Waals surface area contributed by atoms with Gasteiger partial charge in [-0.05, 0) is 25.5 Å². The second-order valence-electron chi connectivity index (χ2n) is 2.71. The van der Waals surface area contributed by atoms with Gasteiger partial charge >= 0.3 is 0 Å². The van der Waals surface area contributed by atoms with Crippen molar-refractivity contribution in [3.8, 4) is 0 Å². The molecule has 0 spiro atoms. The average Bonchev–Trinajstić information content (AvgIpc) is 2.00. The summed E-state index contributed by atoms with van der Waals surface area (Å²) in [5.74, 6) is 0. The summed E-state index contributed by atoms with van der Waals surface area (Å²) < 4.78 is 0. The summed E-state index contributed by atoms with van der Waals surface area (Å²) in [4.78, 5) is 3.86. The zero-order valence-corrected chi connectivity index (χ0v) is 7.96. The third-order valence-electron chi connectivity index (χ3n) is 1.33. The smallest absolute Gasteiger partial charge is 0.0359 e. The largest absolute Gasteiger partial charge is 0.398 e. The van der Waals surface area contributed by atoms with Crippen molar-refractivity contribution in [3.05, 3.63) is 35.6 Å². The van der Waals surface area contributed by atoms with E-state index in [2.05, 4.69) is 11.6 Å². The van der Waals surface area contributed by atoms with Crippen LogP contribution in [-0.2, 0) is 0 Å². The fraction of sp³-hybridized carbons (Fsp3) is 0.300. The highest BCUT2D eigenvalue weighted by atomic mass is 14.6. The van der Waals surface area contributed by atoms with Crippen molar-refractivity contribution in [3.63, 3.8) is 0 Å². The van der Waals surface area contributed by atoms with Crippen LogP contribution in [0.4, 0.5) is 0 Å². The van der Waals surface area contributed by atoms with E-state index in [1.807, 2.05) is 26.0 Å². The molecule has 0 saturated carbocycles. The van der Waals surface area contributed by atoms with Crippen LogP contribution in [0.15, 0.2) is 40.6 Å². The third-order valence-corrected chi connectivity index (χ3v) is 1.33. The normalized spacial score (nSPS) is 13.9. The Bertz CT molecular complexity index is 245. The van der Waals surface area contributed by atoms with E-state index in [-0.39, 0.29) is 0 Å². The van der Waals surface area contributed by atoms with Crippen LogP contribution in [0.2, 0.25) is 0 Å². The maximum atomic E-state index is 5.71. The lowest BCUT2D eigenvalue weighted by Crippen LogP contribution is -1.98. The minimum atomic E-state index is 0.726. The van der Waals surface area contributed by atoms with Gasteiger partial charge in [0.1, 0.15) is 0 Å². The number of hydrogen-bond donors (Lipinski definition) is 1. The van der Waals surface area contributed by atoms with Gasteiger partial charge in [0.05, 0.1) is 0 Å². The van der Waals surface area contributed by atoms with Crippen LogP contribution in [0.5, 0.6) is 0 Å². The van der Waals surface area contributed by atoms with Gasteiger partial charge in [-0.15, -0.1) is 0 Å². The molecule has 0 heterocycles. The third kappa shape index (κ3) is 4.50. The molecule has 0 aliphatic rings. The second-order valence-corrected chi connectivity index (χ2v) is 2.71. The highest BCUT2D eigenvalue weighted by molar-refractivity contribution is 5.79. The maximum Gasteiger partial charge on any atom is 0.0359 e. The molecule has 2 nitrogen and oxygen atoms in total. The molecule has 66 valence electrons. The van der Waals surface area contributed by atoms with Crippen LogP contribution in [0.3, 0.4) is 0 Å². The molecule has 0 aromatic heterocycles. The van der Waals surface area contributed by atoms with Crippen LogP contribution in [0.1, 0.15) is 13.8 Å². The Balaban J connectivity index is 4.46. The molecule has 0 unspecified atom stereocenters. The van der Waals surface area contributed by atoms with Gasteiger partial charge in [-0.3, -0.25) is 4.99 Å². The summed E-state index contributed by atoms with van der Waals surface area (Å²) in [6, 6.07) is 0. The minimum absolute atomic E-state index is 0.726. The highest BCUT2D eigenvalue weighted by Gasteiger charge is 1.88. The molecular formula is C10H16N2. The van der Waals surface area contributed by atoms with Crippen molar-refractivity contribution in [1.29, 1.82) is 0 Å². The predicted molar refractivity (Wildman–Crippen MR) is 55.3 cm³/mol. The summed E-state index contributed by atoms with van der Waals surface area (Å²) in [7, 11) is 1.72. The zero-order valence-electron chi connectivity index (χ0n) is 7.96. The number of nitrogens with two attached hydrogens (primary N) is 1. The monoisotopic (exact) mass is 164 g/mol. The first-order valence-corrected chi connectivity index (χ1v) is 3.80. The first kappa shape index (κ1) is 10.7. The maximum absolute atomic E-state index is 5.71. The molecule has 0 radical (unpaired) electrons. The SMILES string of the molecule is C=C(C)/C=C\C(N)=C(/C)C=NC. The van der Waals surface area contributed by atoms with Gasteiger partial charge in [0, 0.05) is 19.0 Å². The molecule has 0 aliphatic heterocycles. The van der Waals surface area contributed by atoms with Crippen LogP contribution < -0.4 is 5.73 Å². The lowest BCUT2D eigenvalue weighted by molar-refractivity contribution is 1.33. The van der Waals surface area contributed by atoms with Crippen molar-refractivity contribution in [1.82, 2.24) is 0 Å². The van der Waals surface area contributed by atoms with Crippen molar-refractivity contribution >= 4 is 6.21 Å². The van der Waals surface area contributed by atoms with E-state index in [1.165, 1.54) is 0 Å². The summed E-state index contributed by atoms with van der Waals surface area (Å²) in [5, 5.41) is 0. The molecule has 2 N–H and O–H groups in total. The Labute approximate surface area is 74.2 Å².